The van der Waals surface area contributed by atoms with Gasteiger partial charge in [-0.05, 0) is 61.0 Å². The number of hydrogen-bond acceptors (Lipinski definition) is 3. The van der Waals surface area contributed by atoms with Crippen molar-refractivity contribution in [2.24, 2.45) is 0 Å². The van der Waals surface area contributed by atoms with Gasteiger partial charge in [-0.3, -0.25) is 0 Å². The van der Waals surface area contributed by atoms with Crippen LogP contribution in [-0.4, -0.2) is 17.7 Å². The summed E-state index contributed by atoms with van der Waals surface area (Å²) in [5.41, 5.74) is 4.34. The Hall–Kier alpha value is -2.89. The van der Waals surface area contributed by atoms with Gasteiger partial charge in [-0.1, -0.05) is 66.2 Å². The number of halogens is 1. The van der Waals surface area contributed by atoms with Gasteiger partial charge in [0.15, 0.2) is 5.11 Å². The fourth-order valence-corrected chi connectivity index (χ4v) is 3.59. The van der Waals surface area contributed by atoms with Crippen LogP contribution in [0.1, 0.15) is 40.0 Å². The van der Waals surface area contributed by atoms with Crippen LogP contribution in [0, 0.1) is 6.92 Å². The summed E-state index contributed by atoms with van der Waals surface area (Å²) in [6.45, 7) is 4.11. The summed E-state index contributed by atoms with van der Waals surface area (Å²) in [4.78, 5) is 12.1. The maximum atomic E-state index is 12.1. The zero-order valence-electron chi connectivity index (χ0n) is 16.8. The molecule has 0 unspecified atom stereocenters. The van der Waals surface area contributed by atoms with Gasteiger partial charge < -0.3 is 15.4 Å². The number of anilines is 1. The summed E-state index contributed by atoms with van der Waals surface area (Å²) in [7, 11) is 0. The zero-order valence-corrected chi connectivity index (χ0v) is 18.4. The summed E-state index contributed by atoms with van der Waals surface area (Å²) in [5, 5.41) is 7.32. The molecule has 154 valence electrons. The minimum Gasteiger partial charge on any atom is -0.462 e. The molecule has 3 aromatic rings. The van der Waals surface area contributed by atoms with Crippen molar-refractivity contribution >= 4 is 40.6 Å². The van der Waals surface area contributed by atoms with Crippen LogP contribution in [0.3, 0.4) is 0 Å². The van der Waals surface area contributed by atoms with Gasteiger partial charge in [0.1, 0.15) is 0 Å². The number of benzene rings is 3. The molecule has 0 bridgehead atoms. The highest BCUT2D eigenvalue weighted by Crippen LogP contribution is 2.26. The van der Waals surface area contributed by atoms with Crippen LogP contribution in [0.5, 0.6) is 0 Å². The van der Waals surface area contributed by atoms with Crippen LogP contribution < -0.4 is 10.6 Å². The number of rotatable bonds is 6. The first-order valence-corrected chi connectivity index (χ1v) is 10.4. The highest BCUT2D eigenvalue weighted by Gasteiger charge is 2.18. The van der Waals surface area contributed by atoms with Crippen LogP contribution in [0.15, 0.2) is 72.8 Å². The topological polar surface area (TPSA) is 50.4 Å². The number of nitrogens with one attached hydrogen (secondary N) is 2. The minimum absolute atomic E-state index is 0.121. The van der Waals surface area contributed by atoms with Crippen molar-refractivity contribution in [3.63, 3.8) is 0 Å². The lowest BCUT2D eigenvalue weighted by atomic mass is 9.95. The molecule has 2 N–H and O–H groups in total. The van der Waals surface area contributed by atoms with E-state index in [1.54, 1.807) is 25.1 Å². The highest BCUT2D eigenvalue weighted by molar-refractivity contribution is 7.80. The van der Waals surface area contributed by atoms with Gasteiger partial charge in [-0.2, -0.15) is 0 Å². The molecule has 0 saturated heterocycles. The predicted octanol–water partition coefficient (Wildman–Crippen LogP) is 5.90. The molecule has 0 aliphatic rings. The first-order chi connectivity index (χ1) is 14.5. The first kappa shape index (κ1) is 21.8. The summed E-state index contributed by atoms with van der Waals surface area (Å²) in [6, 6.07) is 23.2. The normalized spacial score (nSPS) is 11.4. The molecule has 3 rings (SSSR count). The van der Waals surface area contributed by atoms with E-state index in [1.165, 1.54) is 0 Å². The molecule has 4 nitrogen and oxygen atoms in total. The predicted molar refractivity (Wildman–Crippen MR) is 126 cm³/mol. The second-order valence-corrected chi connectivity index (χ2v) is 7.53. The lowest BCUT2D eigenvalue weighted by Crippen LogP contribution is -2.33. The van der Waals surface area contributed by atoms with E-state index in [-0.39, 0.29) is 12.6 Å². The Morgan fingerprint density at radius 2 is 1.77 bits per heavy atom. The standard InChI is InChI=1S/C24H23ClN2O2S/c1-3-29-23(28)20-15-18(13-14-21(20)25)26-24(30)27-22(17-10-5-4-6-11-17)19-12-8-7-9-16(19)2/h4-15,22H,3H2,1-2H3,(H2,26,27,30)/t22-/m1/s1. The van der Waals surface area contributed by atoms with E-state index >= 15 is 0 Å². The first-order valence-electron chi connectivity index (χ1n) is 9.64. The largest absolute Gasteiger partial charge is 0.462 e. The van der Waals surface area contributed by atoms with Crippen molar-refractivity contribution < 1.29 is 9.53 Å². The summed E-state index contributed by atoms with van der Waals surface area (Å²) in [5.74, 6) is -0.466. The van der Waals surface area contributed by atoms with Gasteiger partial charge in [0.2, 0.25) is 0 Å². The molecule has 0 aliphatic carbocycles. The van der Waals surface area contributed by atoms with Gasteiger partial charge in [0.25, 0.3) is 0 Å². The number of aryl methyl sites for hydroxylation is 1. The molecule has 0 radical (unpaired) electrons. The van der Waals surface area contributed by atoms with Crippen molar-refractivity contribution in [2.45, 2.75) is 19.9 Å². The molecule has 0 aliphatic heterocycles. The second-order valence-electron chi connectivity index (χ2n) is 6.71. The Kier molecular flexibility index (Phi) is 7.44. The Balaban J connectivity index is 1.83. The molecular weight excluding hydrogens is 416 g/mol. The Bertz CT molecular complexity index is 1040. The number of thiocarbonyl (C=S) groups is 1. The number of hydrogen-bond donors (Lipinski definition) is 2. The van der Waals surface area contributed by atoms with Crippen LogP contribution in [0.2, 0.25) is 5.02 Å². The van der Waals surface area contributed by atoms with E-state index in [4.69, 9.17) is 28.6 Å². The maximum absolute atomic E-state index is 12.1. The molecule has 0 saturated carbocycles. The average Bonchev–Trinajstić information content (AvgIpc) is 2.75. The van der Waals surface area contributed by atoms with Crippen LogP contribution in [0.4, 0.5) is 5.69 Å². The van der Waals surface area contributed by atoms with Crippen LogP contribution in [-0.2, 0) is 4.74 Å². The van der Waals surface area contributed by atoms with Gasteiger partial charge >= 0.3 is 5.97 Å². The average molecular weight is 439 g/mol. The fourth-order valence-electron chi connectivity index (χ4n) is 3.16. The quantitative estimate of drug-likeness (QED) is 0.370. The monoisotopic (exact) mass is 438 g/mol. The molecular formula is C24H23ClN2O2S. The Labute approximate surface area is 187 Å². The SMILES string of the molecule is CCOC(=O)c1cc(NC(=S)N[C@H](c2ccccc2)c2ccccc2C)ccc1Cl. The van der Waals surface area contributed by atoms with Crippen molar-refractivity contribution in [1.82, 2.24) is 5.32 Å². The zero-order chi connectivity index (χ0) is 21.5. The molecule has 0 amide bonds. The molecule has 0 heterocycles. The fraction of sp³-hybridized carbons (Fsp3) is 0.167. The number of carbonyl (C=O) groups is 1. The number of esters is 1. The Morgan fingerprint density at radius 1 is 1.07 bits per heavy atom. The van der Waals surface area contributed by atoms with E-state index in [0.717, 1.165) is 16.7 Å². The third kappa shape index (κ3) is 5.38. The molecule has 6 heteroatoms. The van der Waals surface area contributed by atoms with Gasteiger partial charge in [-0.25, -0.2) is 4.79 Å². The summed E-state index contributed by atoms with van der Waals surface area (Å²) in [6.07, 6.45) is 0. The van der Waals surface area contributed by atoms with Crippen LogP contribution >= 0.6 is 23.8 Å². The van der Waals surface area contributed by atoms with Gasteiger partial charge in [0.05, 0.1) is 23.2 Å². The van der Waals surface area contributed by atoms with Crippen molar-refractivity contribution in [1.29, 1.82) is 0 Å². The van der Waals surface area contributed by atoms with E-state index < -0.39 is 5.97 Å². The molecule has 0 spiro atoms. The van der Waals surface area contributed by atoms with E-state index in [1.807, 2.05) is 30.3 Å². The van der Waals surface area contributed by atoms with Crippen molar-refractivity contribution in [2.75, 3.05) is 11.9 Å². The third-order valence-electron chi connectivity index (χ3n) is 4.63. The third-order valence-corrected chi connectivity index (χ3v) is 5.18. The summed E-state index contributed by atoms with van der Waals surface area (Å²) >= 11 is 11.7. The molecule has 3 aromatic carbocycles. The van der Waals surface area contributed by atoms with Gasteiger partial charge in [-0.15, -0.1) is 0 Å². The molecule has 1 atom stereocenters. The van der Waals surface area contributed by atoms with E-state index in [2.05, 4.69) is 41.8 Å². The molecule has 30 heavy (non-hydrogen) atoms. The van der Waals surface area contributed by atoms with Crippen molar-refractivity contribution in [3.05, 3.63) is 100 Å². The maximum Gasteiger partial charge on any atom is 0.339 e. The smallest absolute Gasteiger partial charge is 0.339 e. The number of ether oxygens (including phenoxy) is 1. The highest BCUT2D eigenvalue weighted by atomic mass is 35.5. The summed E-state index contributed by atoms with van der Waals surface area (Å²) < 4.78 is 5.06. The van der Waals surface area contributed by atoms with Gasteiger partial charge in [0, 0.05) is 5.69 Å². The Morgan fingerprint density at radius 3 is 2.47 bits per heavy atom. The number of carbonyl (C=O) groups excluding carboxylic acids is 1. The molecule has 0 aromatic heterocycles. The van der Waals surface area contributed by atoms with E-state index in [0.29, 0.717) is 21.4 Å². The molecule has 0 fully saturated rings. The van der Waals surface area contributed by atoms with Crippen LogP contribution in [0.25, 0.3) is 0 Å². The second kappa shape index (κ2) is 10.2. The lowest BCUT2D eigenvalue weighted by molar-refractivity contribution is 0.0526. The minimum atomic E-state index is -0.466. The van der Waals surface area contributed by atoms with E-state index in [9.17, 15) is 4.79 Å². The van der Waals surface area contributed by atoms with Crippen molar-refractivity contribution in [3.8, 4) is 0 Å². The lowest BCUT2D eigenvalue weighted by Gasteiger charge is -2.23.